The number of hydrogen-bond donors (Lipinski definition) is 1. The van der Waals surface area contributed by atoms with E-state index in [0.29, 0.717) is 5.82 Å². The van der Waals surface area contributed by atoms with E-state index in [-0.39, 0.29) is 23.7 Å². The van der Waals surface area contributed by atoms with Gasteiger partial charge in [-0.2, -0.15) is 0 Å². The van der Waals surface area contributed by atoms with E-state index < -0.39 is 0 Å². The summed E-state index contributed by atoms with van der Waals surface area (Å²) < 4.78 is 3.49. The highest BCUT2D eigenvalue weighted by Gasteiger charge is 2.18. The summed E-state index contributed by atoms with van der Waals surface area (Å²) in [6.07, 6.45) is 3.49. The molecule has 0 aromatic carbocycles. The Bertz CT molecular complexity index is 812. The molecule has 0 aliphatic heterocycles. The number of hydrogen-bond acceptors (Lipinski definition) is 5. The van der Waals surface area contributed by atoms with Gasteiger partial charge in [-0.3, -0.25) is 9.20 Å². The second-order valence-corrected chi connectivity index (χ2v) is 5.95. The number of pyridine rings is 1. The van der Waals surface area contributed by atoms with Gasteiger partial charge in [0.15, 0.2) is 17.2 Å². The Morgan fingerprint density at radius 1 is 1.23 bits per heavy atom. The van der Waals surface area contributed by atoms with Crippen molar-refractivity contribution in [1.82, 2.24) is 34.9 Å². The molecule has 0 fully saturated rings. The van der Waals surface area contributed by atoms with Gasteiger partial charge in [0.25, 0.3) is 5.91 Å². The molecule has 22 heavy (non-hydrogen) atoms. The van der Waals surface area contributed by atoms with E-state index in [0.717, 1.165) is 5.65 Å². The molecule has 1 N–H and O–H groups in total. The normalized spacial score (nSPS) is 11.8. The zero-order valence-corrected chi connectivity index (χ0v) is 12.7. The van der Waals surface area contributed by atoms with Crippen molar-refractivity contribution in [3.8, 4) is 0 Å². The molecule has 0 bridgehead atoms. The van der Waals surface area contributed by atoms with E-state index in [1.807, 2.05) is 49.6 Å². The van der Waals surface area contributed by atoms with Crippen LogP contribution < -0.4 is 5.32 Å². The second-order valence-electron chi connectivity index (χ2n) is 5.95. The molecule has 0 saturated heterocycles. The van der Waals surface area contributed by atoms with Crippen LogP contribution in [-0.4, -0.2) is 35.5 Å². The van der Waals surface area contributed by atoms with E-state index in [2.05, 4.69) is 25.8 Å². The van der Waals surface area contributed by atoms with Crippen LogP contribution in [-0.2, 0) is 12.1 Å². The highest BCUT2D eigenvalue weighted by Crippen LogP contribution is 2.11. The molecule has 3 aromatic heterocycles. The third-order valence-electron chi connectivity index (χ3n) is 3.20. The molecule has 8 heteroatoms. The lowest BCUT2D eigenvalue weighted by atomic mass is 10.1. The van der Waals surface area contributed by atoms with Crippen LogP contribution in [0.1, 0.15) is 37.1 Å². The van der Waals surface area contributed by atoms with Crippen molar-refractivity contribution >= 4 is 11.6 Å². The fourth-order valence-electron chi connectivity index (χ4n) is 1.96. The minimum atomic E-state index is -0.289. The maximum absolute atomic E-state index is 12.1. The third-order valence-corrected chi connectivity index (χ3v) is 3.20. The molecule has 0 unspecified atom stereocenters. The van der Waals surface area contributed by atoms with Gasteiger partial charge in [0.1, 0.15) is 0 Å². The summed E-state index contributed by atoms with van der Waals surface area (Å²) in [4.78, 5) is 12.1. The van der Waals surface area contributed by atoms with E-state index in [9.17, 15) is 4.79 Å². The number of carbonyl (C=O) groups excluding carboxylic acids is 1. The summed E-state index contributed by atoms with van der Waals surface area (Å²) >= 11 is 0. The van der Waals surface area contributed by atoms with Gasteiger partial charge < -0.3 is 5.32 Å². The van der Waals surface area contributed by atoms with Crippen molar-refractivity contribution in [2.45, 2.75) is 32.9 Å². The Hall–Kier alpha value is -2.77. The van der Waals surface area contributed by atoms with Crippen LogP contribution in [0.25, 0.3) is 5.65 Å². The molecular formula is C14H17N7O. The topological polar surface area (TPSA) is 90.0 Å². The quantitative estimate of drug-likeness (QED) is 0.779. The molecule has 3 heterocycles. The molecule has 3 aromatic rings. The molecule has 0 aliphatic carbocycles. The van der Waals surface area contributed by atoms with Crippen LogP contribution in [0, 0.1) is 0 Å². The van der Waals surface area contributed by atoms with Crippen LogP contribution in [0.5, 0.6) is 0 Å². The van der Waals surface area contributed by atoms with Crippen molar-refractivity contribution in [2.24, 2.45) is 0 Å². The first-order chi connectivity index (χ1) is 10.4. The van der Waals surface area contributed by atoms with E-state index in [1.54, 1.807) is 10.9 Å². The number of rotatable bonds is 3. The fourth-order valence-corrected chi connectivity index (χ4v) is 1.96. The van der Waals surface area contributed by atoms with Crippen molar-refractivity contribution in [3.63, 3.8) is 0 Å². The predicted molar refractivity (Wildman–Crippen MR) is 79.2 cm³/mol. The minimum absolute atomic E-state index is 0.214. The SMILES string of the molecule is CC(C)(C)n1cc(C(=O)NCc2nnc3ccccn23)nn1. The van der Waals surface area contributed by atoms with Gasteiger partial charge in [-0.25, -0.2) is 4.68 Å². The number of nitrogens with zero attached hydrogens (tertiary/aromatic N) is 6. The Balaban J connectivity index is 1.71. The van der Waals surface area contributed by atoms with Crippen LogP contribution in [0.2, 0.25) is 0 Å². The molecule has 8 nitrogen and oxygen atoms in total. The van der Waals surface area contributed by atoms with Gasteiger partial charge in [-0.05, 0) is 32.9 Å². The number of carbonyl (C=O) groups is 1. The molecule has 1 amide bonds. The Kier molecular flexibility index (Phi) is 3.36. The number of fused-ring (bicyclic) bond motifs is 1. The number of aromatic nitrogens is 6. The van der Waals surface area contributed by atoms with E-state index in [4.69, 9.17) is 0 Å². The highest BCUT2D eigenvalue weighted by atomic mass is 16.2. The first-order valence-electron chi connectivity index (χ1n) is 6.95. The lowest BCUT2D eigenvalue weighted by molar-refractivity contribution is 0.0944. The van der Waals surface area contributed by atoms with Crippen molar-refractivity contribution < 1.29 is 4.79 Å². The number of nitrogens with one attached hydrogen (secondary N) is 1. The minimum Gasteiger partial charge on any atom is -0.343 e. The summed E-state index contributed by atoms with van der Waals surface area (Å²) in [7, 11) is 0. The smallest absolute Gasteiger partial charge is 0.273 e. The first kappa shape index (κ1) is 14.2. The largest absolute Gasteiger partial charge is 0.343 e. The van der Waals surface area contributed by atoms with Crippen molar-refractivity contribution in [2.75, 3.05) is 0 Å². The standard InChI is InChI=1S/C14H17N7O/c1-14(2,3)21-9-10(16-19-21)13(22)15-8-12-18-17-11-6-4-5-7-20(11)12/h4-7,9H,8H2,1-3H3,(H,15,22). The molecule has 0 saturated carbocycles. The predicted octanol–water partition coefficient (Wildman–Crippen LogP) is 1.01. The van der Waals surface area contributed by atoms with Gasteiger partial charge in [-0.15, -0.1) is 15.3 Å². The first-order valence-corrected chi connectivity index (χ1v) is 6.95. The lowest BCUT2D eigenvalue weighted by Gasteiger charge is -2.17. The molecule has 0 atom stereocenters. The molecule has 0 spiro atoms. The van der Waals surface area contributed by atoms with Crippen LogP contribution in [0.4, 0.5) is 0 Å². The van der Waals surface area contributed by atoms with Gasteiger partial charge in [0, 0.05) is 6.20 Å². The Morgan fingerprint density at radius 2 is 2.05 bits per heavy atom. The van der Waals surface area contributed by atoms with Crippen LogP contribution >= 0.6 is 0 Å². The Labute approximate surface area is 127 Å². The highest BCUT2D eigenvalue weighted by molar-refractivity contribution is 5.91. The summed E-state index contributed by atoms with van der Waals surface area (Å²) in [5.74, 6) is 0.371. The second kappa shape index (κ2) is 5.21. The maximum atomic E-state index is 12.1. The average molecular weight is 299 g/mol. The molecule has 3 rings (SSSR count). The average Bonchev–Trinajstić information content (AvgIpc) is 3.11. The molecule has 0 radical (unpaired) electrons. The van der Waals surface area contributed by atoms with Crippen LogP contribution in [0.3, 0.4) is 0 Å². The van der Waals surface area contributed by atoms with E-state index in [1.165, 1.54) is 0 Å². The molecule has 114 valence electrons. The van der Waals surface area contributed by atoms with Gasteiger partial charge in [0.05, 0.1) is 18.3 Å². The maximum Gasteiger partial charge on any atom is 0.273 e. The van der Waals surface area contributed by atoms with Gasteiger partial charge in [-0.1, -0.05) is 11.3 Å². The molecular weight excluding hydrogens is 282 g/mol. The summed E-state index contributed by atoms with van der Waals surface area (Å²) in [5.41, 5.74) is 0.809. The van der Waals surface area contributed by atoms with Crippen molar-refractivity contribution in [1.29, 1.82) is 0 Å². The molecule has 0 aliphatic rings. The van der Waals surface area contributed by atoms with Gasteiger partial charge >= 0.3 is 0 Å². The number of amides is 1. The summed E-state index contributed by atoms with van der Waals surface area (Å²) in [6, 6.07) is 5.63. The summed E-state index contributed by atoms with van der Waals surface area (Å²) in [6.45, 7) is 6.25. The van der Waals surface area contributed by atoms with E-state index >= 15 is 0 Å². The Morgan fingerprint density at radius 3 is 2.77 bits per heavy atom. The monoisotopic (exact) mass is 299 g/mol. The summed E-state index contributed by atoms with van der Waals surface area (Å²) in [5, 5.41) is 18.8. The zero-order chi connectivity index (χ0) is 15.7. The fraction of sp³-hybridized carbons (Fsp3) is 0.357. The lowest BCUT2D eigenvalue weighted by Crippen LogP contribution is -2.25. The van der Waals surface area contributed by atoms with Crippen molar-refractivity contribution in [3.05, 3.63) is 42.1 Å². The third kappa shape index (κ3) is 2.67. The van der Waals surface area contributed by atoms with Gasteiger partial charge in [0.2, 0.25) is 0 Å². The zero-order valence-electron chi connectivity index (χ0n) is 12.7. The van der Waals surface area contributed by atoms with Crippen LogP contribution in [0.15, 0.2) is 30.6 Å².